The average molecular weight is 286 g/mol. The highest BCUT2D eigenvalue weighted by atomic mass is 16.1. The highest BCUT2D eigenvalue weighted by Crippen LogP contribution is 2.44. The van der Waals surface area contributed by atoms with Crippen LogP contribution in [0.3, 0.4) is 0 Å². The van der Waals surface area contributed by atoms with Crippen LogP contribution in [0.1, 0.15) is 76.0 Å². The van der Waals surface area contributed by atoms with Gasteiger partial charge < -0.3 is 0 Å². The van der Waals surface area contributed by atoms with Crippen molar-refractivity contribution in [2.45, 2.75) is 59.3 Å². The maximum absolute atomic E-state index is 10.8. The minimum atomic E-state index is 0.161. The first-order valence-corrected chi connectivity index (χ1v) is 7.21. The molecule has 0 amide bonds. The molecule has 0 N–H and O–H groups in total. The van der Waals surface area contributed by atoms with Crippen LogP contribution in [0.2, 0.25) is 0 Å². The molecule has 0 aliphatic carbocycles. The first-order valence-electron chi connectivity index (χ1n) is 7.21. The van der Waals surface area contributed by atoms with Crippen LogP contribution in [-0.4, -0.2) is 12.2 Å². The molecule has 112 valence electrons. The maximum atomic E-state index is 10.8. The average Bonchev–Trinajstić information content (AvgIpc) is 2.38. The van der Waals surface area contributed by atoms with Gasteiger partial charge in [0.05, 0.1) is 11.4 Å². The summed E-state index contributed by atoms with van der Waals surface area (Å²) in [5.74, 6) is 0.488. The van der Waals surface area contributed by atoms with E-state index in [9.17, 15) is 9.59 Å². The topological polar surface area (TPSA) is 58.9 Å². The van der Waals surface area contributed by atoms with Crippen molar-refractivity contribution in [1.29, 1.82) is 0 Å². The molecule has 0 unspecified atom stereocenters. The zero-order valence-electron chi connectivity index (χ0n) is 13.5. The van der Waals surface area contributed by atoms with Crippen molar-refractivity contribution < 1.29 is 9.59 Å². The lowest BCUT2D eigenvalue weighted by atomic mass is 9.83. The molecule has 0 aliphatic rings. The van der Waals surface area contributed by atoms with E-state index in [1.165, 1.54) is 0 Å². The summed E-state index contributed by atoms with van der Waals surface area (Å²) in [6.07, 6.45) is 3.29. The Bertz CT molecular complexity index is 618. The third kappa shape index (κ3) is 3.55. The molecular weight excluding hydrogens is 264 g/mol. The van der Waals surface area contributed by atoms with E-state index in [0.717, 1.165) is 16.7 Å². The van der Waals surface area contributed by atoms with Crippen LogP contribution in [0.5, 0.6) is 0 Å². The van der Waals surface area contributed by atoms with Crippen LogP contribution in [0.4, 0.5) is 11.4 Å². The maximum Gasteiger partial charge on any atom is 0.240 e. The van der Waals surface area contributed by atoms with Crippen LogP contribution in [0, 0.1) is 0 Å². The zero-order chi connectivity index (χ0) is 16.2. The fraction of sp³-hybridized carbons (Fsp3) is 0.529. The Hall–Kier alpha value is -2.02. The van der Waals surface area contributed by atoms with Crippen molar-refractivity contribution in [3.05, 3.63) is 22.8 Å². The molecule has 0 bridgehead atoms. The number of isocyanates is 2. The van der Waals surface area contributed by atoms with E-state index in [-0.39, 0.29) is 17.8 Å². The molecular formula is C17H22N2O2. The number of aliphatic imine (C=N–C) groups is 2. The smallest absolute Gasteiger partial charge is 0.211 e. The van der Waals surface area contributed by atoms with Gasteiger partial charge in [-0.15, -0.1) is 0 Å². The van der Waals surface area contributed by atoms with E-state index in [1.54, 1.807) is 12.2 Å². The van der Waals surface area contributed by atoms with Crippen molar-refractivity contribution in [2.24, 2.45) is 9.98 Å². The molecule has 0 saturated carbocycles. The van der Waals surface area contributed by atoms with Crippen molar-refractivity contribution in [2.75, 3.05) is 0 Å². The first kappa shape index (κ1) is 17.0. The third-order valence-electron chi connectivity index (χ3n) is 3.49. The summed E-state index contributed by atoms with van der Waals surface area (Å²) >= 11 is 0. The number of carbonyl (C=O) groups excluding carboxylic acids is 2. The van der Waals surface area contributed by atoms with Gasteiger partial charge in [-0.3, -0.25) is 0 Å². The van der Waals surface area contributed by atoms with Gasteiger partial charge in [-0.2, -0.15) is 9.98 Å². The van der Waals surface area contributed by atoms with E-state index < -0.39 is 0 Å². The second-order valence-corrected chi connectivity index (χ2v) is 6.03. The molecule has 1 aromatic rings. The van der Waals surface area contributed by atoms with Crippen LogP contribution < -0.4 is 0 Å². The molecule has 0 saturated heterocycles. The van der Waals surface area contributed by atoms with E-state index in [4.69, 9.17) is 0 Å². The predicted octanol–water partition coefficient (Wildman–Crippen LogP) is 4.99. The fourth-order valence-corrected chi connectivity index (χ4v) is 2.66. The highest BCUT2D eigenvalue weighted by Gasteiger charge is 2.23. The number of benzene rings is 1. The SMILES string of the molecule is CC(C)c1cc(N=C=O)c(C(C)C)c(C(C)C)c1N=C=O. The van der Waals surface area contributed by atoms with Crippen LogP contribution in [0.25, 0.3) is 0 Å². The Morgan fingerprint density at radius 2 is 1.33 bits per heavy atom. The van der Waals surface area contributed by atoms with Gasteiger partial charge in [0.25, 0.3) is 0 Å². The van der Waals surface area contributed by atoms with Gasteiger partial charge in [0.1, 0.15) is 0 Å². The van der Waals surface area contributed by atoms with Gasteiger partial charge in [-0.25, -0.2) is 9.59 Å². The Balaban J connectivity index is 3.97. The standard InChI is InChI=1S/C17H22N2O2/c1-10(2)13-7-14(18-8-20)15(11(3)4)16(12(5)6)17(13)19-9-21/h7,10-12H,1-6H3. The molecule has 0 radical (unpaired) electrons. The van der Waals surface area contributed by atoms with Gasteiger partial charge in [-0.05, 0) is 40.5 Å². The Morgan fingerprint density at radius 3 is 1.71 bits per heavy atom. The molecule has 1 rings (SSSR count). The van der Waals surface area contributed by atoms with Gasteiger partial charge in [-0.1, -0.05) is 41.5 Å². The normalized spacial score (nSPS) is 10.7. The number of rotatable bonds is 5. The summed E-state index contributed by atoms with van der Waals surface area (Å²) in [7, 11) is 0. The largest absolute Gasteiger partial charge is 0.240 e. The summed E-state index contributed by atoms with van der Waals surface area (Å²) < 4.78 is 0. The fourth-order valence-electron chi connectivity index (χ4n) is 2.66. The molecule has 1 aromatic carbocycles. The van der Waals surface area contributed by atoms with Crippen molar-refractivity contribution in [3.63, 3.8) is 0 Å². The van der Waals surface area contributed by atoms with Gasteiger partial charge in [0.2, 0.25) is 12.2 Å². The lowest BCUT2D eigenvalue weighted by Gasteiger charge is -2.23. The Labute approximate surface area is 126 Å². The Morgan fingerprint density at radius 1 is 0.810 bits per heavy atom. The van der Waals surface area contributed by atoms with E-state index in [0.29, 0.717) is 11.4 Å². The van der Waals surface area contributed by atoms with Crippen molar-refractivity contribution >= 4 is 23.5 Å². The summed E-state index contributed by atoms with van der Waals surface area (Å²) in [6, 6.07) is 1.84. The van der Waals surface area contributed by atoms with E-state index in [2.05, 4.69) is 9.98 Å². The Kier molecular flexibility index (Phi) is 5.78. The molecule has 0 aromatic heterocycles. The second-order valence-electron chi connectivity index (χ2n) is 6.03. The van der Waals surface area contributed by atoms with Gasteiger partial charge in [0.15, 0.2) is 0 Å². The summed E-state index contributed by atoms with van der Waals surface area (Å²) in [4.78, 5) is 29.4. The summed E-state index contributed by atoms with van der Waals surface area (Å²) in [5, 5.41) is 0. The molecule has 0 heterocycles. The van der Waals surface area contributed by atoms with Crippen LogP contribution in [0.15, 0.2) is 16.1 Å². The van der Waals surface area contributed by atoms with Gasteiger partial charge in [0, 0.05) is 0 Å². The van der Waals surface area contributed by atoms with Crippen molar-refractivity contribution in [1.82, 2.24) is 0 Å². The minimum absolute atomic E-state index is 0.161. The van der Waals surface area contributed by atoms with E-state index in [1.807, 2.05) is 47.6 Å². The first-order chi connectivity index (χ1) is 9.84. The van der Waals surface area contributed by atoms with Gasteiger partial charge >= 0.3 is 0 Å². The zero-order valence-corrected chi connectivity index (χ0v) is 13.5. The minimum Gasteiger partial charge on any atom is -0.211 e. The molecule has 4 heteroatoms. The summed E-state index contributed by atoms with van der Waals surface area (Å²) in [6.45, 7) is 12.2. The molecule has 21 heavy (non-hydrogen) atoms. The van der Waals surface area contributed by atoms with E-state index >= 15 is 0 Å². The third-order valence-corrected chi connectivity index (χ3v) is 3.49. The van der Waals surface area contributed by atoms with Crippen molar-refractivity contribution in [3.8, 4) is 0 Å². The van der Waals surface area contributed by atoms with Crippen LogP contribution >= 0.6 is 0 Å². The number of hydrogen-bond donors (Lipinski definition) is 0. The quantitative estimate of drug-likeness (QED) is 0.565. The van der Waals surface area contributed by atoms with Crippen LogP contribution in [-0.2, 0) is 9.59 Å². The molecule has 0 atom stereocenters. The molecule has 0 aliphatic heterocycles. The monoisotopic (exact) mass is 286 g/mol. The summed E-state index contributed by atoms with van der Waals surface area (Å²) in [5.41, 5.74) is 4.11. The highest BCUT2D eigenvalue weighted by molar-refractivity contribution is 5.71. The number of hydrogen-bond acceptors (Lipinski definition) is 4. The number of nitrogens with zero attached hydrogens (tertiary/aromatic N) is 2. The molecule has 4 nitrogen and oxygen atoms in total. The predicted molar refractivity (Wildman–Crippen MR) is 84.3 cm³/mol. The molecule has 0 fully saturated rings. The lowest BCUT2D eigenvalue weighted by Crippen LogP contribution is -2.04. The second kappa shape index (κ2) is 7.12. The lowest BCUT2D eigenvalue weighted by molar-refractivity contribution is 0.564. The molecule has 0 spiro atoms.